The zero-order chi connectivity index (χ0) is 24.0. The van der Waals surface area contributed by atoms with E-state index in [0.29, 0.717) is 23.2 Å². The Labute approximate surface area is 191 Å². The second-order valence-electron chi connectivity index (χ2n) is 9.05. The number of nitrogens with one attached hydrogen (secondary N) is 2. The molecule has 1 atom stereocenters. The van der Waals surface area contributed by atoms with Crippen molar-refractivity contribution in [3.8, 4) is 0 Å². The summed E-state index contributed by atoms with van der Waals surface area (Å²) in [7, 11) is -3.79. The molecule has 0 amide bonds. The van der Waals surface area contributed by atoms with Crippen LogP contribution in [0.25, 0.3) is 0 Å². The third kappa shape index (κ3) is 4.71. The van der Waals surface area contributed by atoms with E-state index >= 15 is 0 Å². The van der Waals surface area contributed by atoms with Crippen LogP contribution in [0.5, 0.6) is 0 Å². The molecule has 3 aromatic rings. The van der Waals surface area contributed by atoms with E-state index in [2.05, 4.69) is 10.0 Å². The average Bonchev–Trinajstić information content (AvgIpc) is 2.72. The molecule has 0 spiro atoms. The lowest BCUT2D eigenvalue weighted by atomic mass is 9.73. The van der Waals surface area contributed by atoms with Gasteiger partial charge < -0.3 is 5.32 Å². The summed E-state index contributed by atoms with van der Waals surface area (Å²) < 4.78 is 69.1. The lowest BCUT2D eigenvalue weighted by Gasteiger charge is -2.40. The molecule has 0 aromatic heterocycles. The van der Waals surface area contributed by atoms with Gasteiger partial charge in [0.25, 0.3) is 10.0 Å². The summed E-state index contributed by atoms with van der Waals surface area (Å²) in [5.41, 5.74) is 1.48. The zero-order valence-electron chi connectivity index (χ0n) is 18.5. The molecule has 3 aromatic carbocycles. The molecule has 0 radical (unpaired) electrons. The monoisotopic (exact) mass is 474 g/mol. The van der Waals surface area contributed by atoms with Gasteiger partial charge in [-0.25, -0.2) is 8.42 Å². The topological polar surface area (TPSA) is 58.2 Å². The van der Waals surface area contributed by atoms with Crippen LogP contribution in [-0.4, -0.2) is 8.42 Å². The zero-order valence-corrected chi connectivity index (χ0v) is 19.3. The molecule has 1 aliphatic heterocycles. The van der Waals surface area contributed by atoms with Crippen LogP contribution in [0.2, 0.25) is 0 Å². The molecule has 1 aliphatic rings. The van der Waals surface area contributed by atoms with E-state index in [4.69, 9.17) is 0 Å². The Kier molecular flexibility index (Phi) is 5.68. The van der Waals surface area contributed by atoms with Gasteiger partial charge in [-0.1, -0.05) is 55.8 Å². The van der Waals surface area contributed by atoms with E-state index in [1.807, 2.05) is 20.8 Å². The molecule has 0 saturated heterocycles. The molecule has 0 aliphatic carbocycles. The van der Waals surface area contributed by atoms with Gasteiger partial charge in [0, 0.05) is 5.69 Å². The smallest absolute Gasteiger partial charge is 0.377 e. The van der Waals surface area contributed by atoms with Crippen LogP contribution < -0.4 is 10.0 Å². The first kappa shape index (κ1) is 23.2. The first-order chi connectivity index (χ1) is 15.4. The van der Waals surface area contributed by atoms with Gasteiger partial charge in [-0.05, 0) is 60.2 Å². The molecular weight excluding hydrogens is 449 g/mol. The number of aryl methyl sites for hydroxylation is 1. The standard InChI is InChI=1S/C25H25F3N2O2S/c1-16-10-12-19(13-11-16)33(31,32)30-18-7-4-6-17(14-18)22-15-24(2,3)20-8-5-9-21(23(20)29-22)25(26,27)28/h4-14,22,29-30H,15H2,1-3H3. The molecule has 8 heteroatoms. The van der Waals surface area contributed by atoms with Crippen molar-refractivity contribution < 1.29 is 21.6 Å². The van der Waals surface area contributed by atoms with E-state index in [1.54, 1.807) is 42.5 Å². The lowest BCUT2D eigenvalue weighted by molar-refractivity contribution is -0.137. The predicted molar refractivity (Wildman–Crippen MR) is 124 cm³/mol. The fourth-order valence-electron chi connectivity index (χ4n) is 4.31. The average molecular weight is 475 g/mol. The van der Waals surface area contributed by atoms with E-state index in [-0.39, 0.29) is 10.6 Å². The van der Waals surface area contributed by atoms with Crippen molar-refractivity contribution in [2.24, 2.45) is 0 Å². The lowest BCUT2D eigenvalue weighted by Crippen LogP contribution is -2.32. The summed E-state index contributed by atoms with van der Waals surface area (Å²) >= 11 is 0. The van der Waals surface area contributed by atoms with Crippen molar-refractivity contribution in [2.45, 2.75) is 49.7 Å². The van der Waals surface area contributed by atoms with Gasteiger partial charge in [0.1, 0.15) is 0 Å². The Morgan fingerprint density at radius 2 is 1.67 bits per heavy atom. The number of alkyl halides is 3. The molecule has 2 N–H and O–H groups in total. The maximum Gasteiger partial charge on any atom is 0.418 e. The summed E-state index contributed by atoms with van der Waals surface area (Å²) in [5.74, 6) is 0. The van der Waals surface area contributed by atoms with E-state index in [1.165, 1.54) is 18.2 Å². The largest absolute Gasteiger partial charge is 0.418 e. The Hall–Kier alpha value is -3.00. The first-order valence-electron chi connectivity index (χ1n) is 10.5. The predicted octanol–water partition coefficient (Wildman–Crippen LogP) is 6.65. The van der Waals surface area contributed by atoms with Crippen LogP contribution >= 0.6 is 0 Å². The molecule has 4 rings (SSSR count). The normalized spacial score (nSPS) is 17.7. The number of para-hydroxylation sites is 1. The summed E-state index contributed by atoms with van der Waals surface area (Å²) in [6, 6.07) is 17.1. The van der Waals surface area contributed by atoms with Crippen molar-refractivity contribution >= 4 is 21.4 Å². The van der Waals surface area contributed by atoms with Crippen molar-refractivity contribution in [2.75, 3.05) is 10.0 Å². The summed E-state index contributed by atoms with van der Waals surface area (Å²) in [5, 5.41) is 3.07. The van der Waals surface area contributed by atoms with Crippen LogP contribution in [-0.2, 0) is 21.6 Å². The van der Waals surface area contributed by atoms with Crippen LogP contribution in [0, 0.1) is 6.92 Å². The summed E-state index contributed by atoms with van der Waals surface area (Å²) in [4.78, 5) is 0.138. The highest BCUT2D eigenvalue weighted by Crippen LogP contribution is 2.48. The molecule has 0 bridgehead atoms. The minimum absolute atomic E-state index is 0.0805. The van der Waals surface area contributed by atoms with E-state index in [9.17, 15) is 21.6 Å². The minimum Gasteiger partial charge on any atom is -0.377 e. The van der Waals surface area contributed by atoms with Gasteiger partial charge in [-0.15, -0.1) is 0 Å². The minimum atomic E-state index is -4.48. The maximum atomic E-state index is 13.7. The Morgan fingerprint density at radius 1 is 1.00 bits per heavy atom. The fourth-order valence-corrected chi connectivity index (χ4v) is 5.35. The van der Waals surface area contributed by atoms with Crippen molar-refractivity contribution in [1.29, 1.82) is 0 Å². The van der Waals surface area contributed by atoms with Crippen LogP contribution in [0.3, 0.4) is 0 Å². The number of fused-ring (bicyclic) bond motifs is 1. The second-order valence-corrected chi connectivity index (χ2v) is 10.7. The van der Waals surface area contributed by atoms with Gasteiger partial charge in [0.2, 0.25) is 0 Å². The number of anilines is 2. The van der Waals surface area contributed by atoms with Crippen molar-refractivity contribution in [1.82, 2.24) is 0 Å². The maximum absolute atomic E-state index is 13.7. The van der Waals surface area contributed by atoms with Crippen LogP contribution in [0.1, 0.15) is 48.6 Å². The van der Waals surface area contributed by atoms with Crippen molar-refractivity contribution in [3.05, 3.63) is 89.0 Å². The molecule has 0 saturated carbocycles. The van der Waals surface area contributed by atoms with Gasteiger partial charge in [0.15, 0.2) is 0 Å². The molecule has 1 heterocycles. The Morgan fingerprint density at radius 3 is 2.33 bits per heavy atom. The first-order valence-corrected chi connectivity index (χ1v) is 12.0. The molecule has 1 unspecified atom stereocenters. The third-order valence-electron chi connectivity index (χ3n) is 6.00. The highest BCUT2D eigenvalue weighted by Gasteiger charge is 2.41. The van der Waals surface area contributed by atoms with Crippen molar-refractivity contribution in [3.63, 3.8) is 0 Å². The van der Waals surface area contributed by atoms with Gasteiger partial charge in [0.05, 0.1) is 22.2 Å². The fraction of sp³-hybridized carbons (Fsp3) is 0.280. The van der Waals surface area contributed by atoms with Crippen LogP contribution in [0.4, 0.5) is 24.5 Å². The number of hydrogen-bond donors (Lipinski definition) is 2. The number of benzene rings is 3. The molecule has 174 valence electrons. The van der Waals surface area contributed by atoms with Gasteiger partial charge in [-0.3, -0.25) is 4.72 Å². The summed E-state index contributed by atoms with van der Waals surface area (Å²) in [6.45, 7) is 5.71. The number of rotatable bonds is 4. The molecular formula is C25H25F3N2O2S. The quantitative estimate of drug-likeness (QED) is 0.445. The SMILES string of the molecule is Cc1ccc(S(=O)(=O)Nc2cccc(C3CC(C)(C)c4cccc(C(F)(F)F)c4N3)c2)cc1. The molecule has 0 fully saturated rings. The molecule has 4 nitrogen and oxygen atoms in total. The molecule has 33 heavy (non-hydrogen) atoms. The highest BCUT2D eigenvalue weighted by molar-refractivity contribution is 7.92. The number of halogens is 3. The second kappa shape index (κ2) is 8.09. The highest BCUT2D eigenvalue weighted by atomic mass is 32.2. The Balaban J connectivity index is 1.67. The number of sulfonamides is 1. The third-order valence-corrected chi connectivity index (χ3v) is 7.40. The summed E-state index contributed by atoms with van der Waals surface area (Å²) in [6.07, 6.45) is -3.93. The Bertz CT molecular complexity index is 1270. The van der Waals surface area contributed by atoms with Crippen LogP contribution in [0.15, 0.2) is 71.6 Å². The number of hydrogen-bond acceptors (Lipinski definition) is 3. The van der Waals surface area contributed by atoms with E-state index < -0.39 is 33.2 Å². The van der Waals surface area contributed by atoms with Gasteiger partial charge in [-0.2, -0.15) is 13.2 Å². The van der Waals surface area contributed by atoms with Gasteiger partial charge >= 0.3 is 6.18 Å². The van der Waals surface area contributed by atoms with E-state index in [0.717, 1.165) is 11.6 Å².